The van der Waals surface area contributed by atoms with Crippen LogP contribution in [0.3, 0.4) is 0 Å². The van der Waals surface area contributed by atoms with Crippen LogP contribution < -0.4 is 5.32 Å². The van der Waals surface area contributed by atoms with Crippen LogP contribution in [0, 0.1) is 0 Å². The molecule has 3 rings (SSSR count). The zero-order chi connectivity index (χ0) is 23.6. The van der Waals surface area contributed by atoms with Crippen LogP contribution in [0.1, 0.15) is 54.4 Å². The molecule has 2 aliphatic rings. The molecule has 33 heavy (non-hydrogen) atoms. The van der Waals surface area contributed by atoms with E-state index in [-0.39, 0.29) is 46.6 Å². The molecule has 9 heteroatoms. The summed E-state index contributed by atoms with van der Waals surface area (Å²) in [7, 11) is 0. The van der Waals surface area contributed by atoms with Gasteiger partial charge < -0.3 is 25.3 Å². The van der Waals surface area contributed by atoms with E-state index in [0.717, 1.165) is 51.3 Å². The molecule has 1 saturated heterocycles. The molecule has 1 aromatic carbocycles. The highest BCUT2D eigenvalue weighted by Gasteiger charge is 2.23. The molecule has 3 N–H and O–H groups in total. The Kier molecular flexibility index (Phi) is 9.18. The Morgan fingerprint density at radius 2 is 1.82 bits per heavy atom. The third-order valence-corrected chi connectivity index (χ3v) is 5.98. The van der Waals surface area contributed by atoms with E-state index in [1.807, 2.05) is 18.2 Å². The molecule has 1 aromatic rings. The molecule has 2 amide bonds. The number of nitrogens with zero attached hydrogens (tertiary/aromatic N) is 2. The molecule has 178 valence electrons. The minimum absolute atomic E-state index is 0.0216. The van der Waals surface area contributed by atoms with Crippen LogP contribution in [0.5, 0.6) is 11.5 Å². The molecule has 0 saturated carbocycles. The number of hydrogen-bond acceptors (Lipinski definition) is 6. The van der Waals surface area contributed by atoms with Gasteiger partial charge in [0.05, 0.1) is 16.3 Å². The first-order chi connectivity index (χ1) is 16.0. The van der Waals surface area contributed by atoms with Crippen molar-refractivity contribution in [1.82, 2.24) is 10.2 Å². The third kappa shape index (κ3) is 6.99. The number of nitrogens with one attached hydrogen (secondary N) is 1. The topological polar surface area (TPSA) is 111 Å². The van der Waals surface area contributed by atoms with Crippen molar-refractivity contribution in [2.24, 2.45) is 5.16 Å². The number of oxime groups is 1. The van der Waals surface area contributed by atoms with Crippen molar-refractivity contribution in [3.05, 3.63) is 46.5 Å². The molecule has 0 atom stereocenters. The van der Waals surface area contributed by atoms with Gasteiger partial charge in [-0.25, -0.2) is 0 Å². The van der Waals surface area contributed by atoms with Crippen molar-refractivity contribution in [2.75, 3.05) is 26.2 Å². The van der Waals surface area contributed by atoms with Gasteiger partial charge >= 0.3 is 0 Å². The van der Waals surface area contributed by atoms with E-state index in [4.69, 9.17) is 16.4 Å². The van der Waals surface area contributed by atoms with Crippen LogP contribution in [-0.2, 0) is 16.1 Å². The van der Waals surface area contributed by atoms with Crippen molar-refractivity contribution in [3.63, 3.8) is 0 Å². The summed E-state index contributed by atoms with van der Waals surface area (Å²) >= 11 is 6.32. The molecule has 0 bridgehead atoms. The van der Waals surface area contributed by atoms with Crippen LogP contribution in [0.4, 0.5) is 0 Å². The van der Waals surface area contributed by atoms with Crippen molar-refractivity contribution < 1.29 is 24.6 Å². The molecule has 0 aromatic heterocycles. The summed E-state index contributed by atoms with van der Waals surface area (Å²) in [5, 5.41) is 27.3. The lowest BCUT2D eigenvalue weighted by Gasteiger charge is -2.26. The average Bonchev–Trinajstić information content (AvgIpc) is 2.80. The van der Waals surface area contributed by atoms with Gasteiger partial charge in [-0.1, -0.05) is 35.0 Å². The summed E-state index contributed by atoms with van der Waals surface area (Å²) in [6.07, 6.45) is 13.0. The van der Waals surface area contributed by atoms with E-state index in [1.165, 1.54) is 0 Å². The monoisotopic (exact) mass is 475 g/mol. The quantitative estimate of drug-likeness (QED) is 0.456. The van der Waals surface area contributed by atoms with Gasteiger partial charge in [-0.15, -0.1) is 0 Å². The highest BCUT2D eigenvalue weighted by molar-refractivity contribution is 6.33. The van der Waals surface area contributed by atoms with E-state index in [2.05, 4.69) is 10.5 Å². The number of benzene rings is 1. The normalized spacial score (nSPS) is 20.9. The first-order valence-electron chi connectivity index (χ1n) is 11.3. The summed E-state index contributed by atoms with van der Waals surface area (Å²) in [4.78, 5) is 32.3. The van der Waals surface area contributed by atoms with Crippen LogP contribution >= 0.6 is 11.6 Å². The summed E-state index contributed by atoms with van der Waals surface area (Å²) < 4.78 is 0. The number of likely N-dealkylation sites (tertiary alicyclic amines) is 1. The maximum Gasteiger partial charge on any atom is 0.263 e. The molecule has 0 radical (unpaired) electrons. The number of piperidine rings is 1. The minimum atomic E-state index is -0.501. The predicted octanol–water partition coefficient (Wildman–Crippen LogP) is 3.70. The molecule has 0 aliphatic carbocycles. The fourth-order valence-corrected chi connectivity index (χ4v) is 4.03. The Labute approximate surface area is 198 Å². The van der Waals surface area contributed by atoms with Gasteiger partial charge in [-0.2, -0.15) is 0 Å². The zero-order valence-corrected chi connectivity index (χ0v) is 19.3. The fourth-order valence-electron chi connectivity index (χ4n) is 3.82. The van der Waals surface area contributed by atoms with E-state index in [1.54, 1.807) is 11.0 Å². The Morgan fingerprint density at radius 3 is 2.61 bits per heavy atom. The standard InChI is InChI=1S/C24H30ClN3O5/c25-23-18-14-17(27-33-16-21(31)28-12-8-5-9-13-28)10-6-3-1-2-4-7-11-26-24(32)22(18)19(29)15-20(23)30/h2,4,6,10,15,29-30H,1,3,5,7-9,11-14,16H2,(H,26,32)/b4-2+,10-6+,27-17-. The largest absolute Gasteiger partial charge is 0.507 e. The van der Waals surface area contributed by atoms with Gasteiger partial charge in [0, 0.05) is 32.1 Å². The molecule has 1 fully saturated rings. The minimum Gasteiger partial charge on any atom is -0.507 e. The lowest BCUT2D eigenvalue weighted by Crippen LogP contribution is -2.37. The predicted molar refractivity (Wildman–Crippen MR) is 127 cm³/mol. The van der Waals surface area contributed by atoms with Crippen molar-refractivity contribution in [2.45, 2.75) is 44.9 Å². The number of halogens is 1. The summed E-state index contributed by atoms with van der Waals surface area (Å²) in [6.45, 7) is 1.66. The van der Waals surface area contributed by atoms with E-state index in [9.17, 15) is 19.8 Å². The van der Waals surface area contributed by atoms with Crippen molar-refractivity contribution in [1.29, 1.82) is 0 Å². The van der Waals surface area contributed by atoms with Gasteiger partial charge in [-0.3, -0.25) is 9.59 Å². The Bertz CT molecular complexity index is 952. The highest BCUT2D eigenvalue weighted by atomic mass is 35.5. The van der Waals surface area contributed by atoms with Gasteiger partial charge in [0.15, 0.2) is 6.61 Å². The van der Waals surface area contributed by atoms with Crippen LogP contribution in [-0.4, -0.2) is 58.9 Å². The molecule has 8 nitrogen and oxygen atoms in total. The van der Waals surface area contributed by atoms with Crippen molar-refractivity contribution >= 4 is 29.1 Å². The zero-order valence-electron chi connectivity index (χ0n) is 18.6. The number of aromatic hydroxyl groups is 2. The number of phenols is 2. The van der Waals surface area contributed by atoms with Crippen LogP contribution in [0.2, 0.25) is 5.02 Å². The SMILES string of the molecule is O=C1NCC/C=C/CC/C=C/C(=N/OCC(=O)N2CCCCC2)Cc2c(Cl)c(O)cc(O)c21. The van der Waals surface area contributed by atoms with E-state index < -0.39 is 5.91 Å². The smallest absolute Gasteiger partial charge is 0.263 e. The van der Waals surface area contributed by atoms with E-state index >= 15 is 0 Å². The molecule has 2 aliphatic heterocycles. The number of allylic oxidation sites excluding steroid dienone is 3. The molecule has 0 spiro atoms. The van der Waals surface area contributed by atoms with Crippen LogP contribution in [0.15, 0.2) is 35.5 Å². The van der Waals surface area contributed by atoms with Gasteiger partial charge in [-0.05, 0) is 50.2 Å². The van der Waals surface area contributed by atoms with Gasteiger partial charge in [0.25, 0.3) is 11.8 Å². The number of phenolic OH excluding ortho intramolecular Hbond substituents is 2. The number of carbonyl (C=O) groups is 2. The van der Waals surface area contributed by atoms with E-state index in [0.29, 0.717) is 18.7 Å². The Morgan fingerprint density at radius 1 is 1.09 bits per heavy atom. The molecule has 2 heterocycles. The second-order valence-electron chi connectivity index (χ2n) is 8.05. The summed E-state index contributed by atoms with van der Waals surface area (Å²) in [6, 6.07) is 1.05. The fraction of sp³-hybridized carbons (Fsp3) is 0.458. The third-order valence-electron chi connectivity index (χ3n) is 5.56. The lowest BCUT2D eigenvalue weighted by molar-refractivity contribution is -0.137. The lowest BCUT2D eigenvalue weighted by atomic mass is 9.98. The van der Waals surface area contributed by atoms with Gasteiger partial charge in [0.1, 0.15) is 11.5 Å². The second-order valence-corrected chi connectivity index (χ2v) is 8.43. The number of hydrogen-bond donors (Lipinski definition) is 3. The van der Waals surface area contributed by atoms with Crippen LogP contribution in [0.25, 0.3) is 0 Å². The number of carbonyl (C=O) groups excluding carboxylic acids is 2. The highest BCUT2D eigenvalue weighted by Crippen LogP contribution is 2.36. The summed E-state index contributed by atoms with van der Waals surface area (Å²) in [5.41, 5.74) is 0.612. The first-order valence-corrected chi connectivity index (χ1v) is 11.6. The molecule has 0 unspecified atom stereocenters. The maximum absolute atomic E-state index is 12.8. The molecular formula is C24H30ClN3O5. The van der Waals surface area contributed by atoms with Crippen molar-refractivity contribution in [3.8, 4) is 11.5 Å². The second kappa shape index (κ2) is 12.3. The maximum atomic E-state index is 12.8. The van der Waals surface area contributed by atoms with Gasteiger partial charge in [0.2, 0.25) is 0 Å². The first kappa shape index (κ1) is 24.6. The number of amides is 2. The molecular weight excluding hydrogens is 446 g/mol. The Balaban J connectivity index is 1.86. The number of fused-ring (bicyclic) bond motifs is 1. The number of rotatable bonds is 3. The average molecular weight is 476 g/mol. The Hall–Kier alpha value is -3.00. The summed E-state index contributed by atoms with van der Waals surface area (Å²) in [5.74, 6) is -1.34.